The number of benzene rings is 2. The molecule has 0 aromatic heterocycles. The summed E-state index contributed by atoms with van der Waals surface area (Å²) in [6.45, 7) is 2.49. The molecule has 0 heterocycles. The van der Waals surface area contributed by atoms with Crippen LogP contribution >= 0.6 is 0 Å². The summed E-state index contributed by atoms with van der Waals surface area (Å²) in [5.41, 5.74) is 2.26. The summed E-state index contributed by atoms with van der Waals surface area (Å²) in [6, 6.07) is 14.7. The molecule has 2 aromatic rings. The van der Waals surface area contributed by atoms with Gasteiger partial charge in [0.05, 0.1) is 6.61 Å². The van der Waals surface area contributed by atoms with E-state index in [1.807, 2.05) is 31.2 Å². The number of ether oxygens (including phenoxy) is 1. The molecule has 2 N–H and O–H groups in total. The number of carbonyl (C=O) groups is 2. The van der Waals surface area contributed by atoms with Gasteiger partial charge in [-0.05, 0) is 56.2 Å². The van der Waals surface area contributed by atoms with Crippen LogP contribution in [-0.4, -0.2) is 18.4 Å². The minimum Gasteiger partial charge on any atom is -0.493 e. The zero-order chi connectivity index (χ0) is 18.4. The van der Waals surface area contributed by atoms with E-state index in [0.29, 0.717) is 12.3 Å². The molecule has 0 bridgehead atoms. The fourth-order valence-corrected chi connectivity index (χ4v) is 2.48. The number of hydrogen-bond donors (Lipinski definition) is 2. The molecule has 1 aliphatic rings. The van der Waals surface area contributed by atoms with Crippen LogP contribution in [0.15, 0.2) is 54.6 Å². The van der Waals surface area contributed by atoms with Gasteiger partial charge in [0.2, 0.25) is 11.8 Å². The summed E-state index contributed by atoms with van der Waals surface area (Å²) in [5.74, 6) is 0.748. The molecule has 1 aliphatic carbocycles. The molecule has 5 nitrogen and oxygen atoms in total. The van der Waals surface area contributed by atoms with Gasteiger partial charge in [-0.25, -0.2) is 0 Å². The lowest BCUT2D eigenvalue weighted by molar-refractivity contribution is -0.117. The number of nitrogens with one attached hydrogen (secondary N) is 2. The van der Waals surface area contributed by atoms with Crippen molar-refractivity contribution in [1.29, 1.82) is 0 Å². The second-order valence-corrected chi connectivity index (χ2v) is 6.13. The predicted octanol–water partition coefficient (Wildman–Crippen LogP) is 4.09. The Bertz CT molecular complexity index is 808. The average molecular weight is 350 g/mol. The highest BCUT2D eigenvalue weighted by Crippen LogP contribution is 2.30. The molecule has 1 fully saturated rings. The Kier molecular flexibility index (Phi) is 5.69. The molecule has 0 spiro atoms. The van der Waals surface area contributed by atoms with Gasteiger partial charge < -0.3 is 15.4 Å². The smallest absolute Gasteiger partial charge is 0.248 e. The Labute approximate surface area is 153 Å². The standard InChI is InChI=1S/C21H22N2O3/c1-2-26-19-6-4-3-5-15(19)9-14-20(24)22-17-10-12-18(13-11-17)23-21(25)16-7-8-16/h3-6,9-14,16H,2,7-8H2,1H3,(H,22,24)(H,23,25)/b14-9+. The molecule has 1 saturated carbocycles. The van der Waals surface area contributed by atoms with E-state index in [0.717, 1.165) is 29.8 Å². The van der Waals surface area contributed by atoms with Crippen molar-refractivity contribution in [3.8, 4) is 5.75 Å². The van der Waals surface area contributed by atoms with E-state index in [9.17, 15) is 9.59 Å². The molecule has 3 rings (SSSR count). The first-order valence-electron chi connectivity index (χ1n) is 8.77. The van der Waals surface area contributed by atoms with Crippen LogP contribution in [0.25, 0.3) is 6.08 Å². The van der Waals surface area contributed by atoms with Crippen LogP contribution in [-0.2, 0) is 9.59 Å². The highest BCUT2D eigenvalue weighted by Gasteiger charge is 2.29. The van der Waals surface area contributed by atoms with Crippen LogP contribution in [0.4, 0.5) is 11.4 Å². The number of anilines is 2. The van der Waals surface area contributed by atoms with Crippen molar-refractivity contribution < 1.29 is 14.3 Å². The van der Waals surface area contributed by atoms with E-state index in [-0.39, 0.29) is 17.7 Å². The zero-order valence-corrected chi connectivity index (χ0v) is 14.7. The van der Waals surface area contributed by atoms with Crippen LogP contribution in [0.2, 0.25) is 0 Å². The van der Waals surface area contributed by atoms with Crippen molar-refractivity contribution in [1.82, 2.24) is 0 Å². The molecule has 2 amide bonds. The SMILES string of the molecule is CCOc1ccccc1/C=C/C(=O)Nc1ccc(NC(=O)C2CC2)cc1. The number of amides is 2. The third kappa shape index (κ3) is 4.96. The van der Waals surface area contributed by atoms with Crippen molar-refractivity contribution >= 4 is 29.3 Å². The normalized spacial score (nSPS) is 13.4. The molecule has 0 saturated heterocycles. The van der Waals surface area contributed by atoms with E-state index in [1.165, 1.54) is 6.08 Å². The van der Waals surface area contributed by atoms with Gasteiger partial charge in [0, 0.05) is 28.9 Å². The highest BCUT2D eigenvalue weighted by molar-refractivity contribution is 6.02. The highest BCUT2D eigenvalue weighted by atomic mass is 16.5. The summed E-state index contributed by atoms with van der Waals surface area (Å²) in [4.78, 5) is 23.8. The minimum atomic E-state index is -0.230. The third-order valence-electron chi connectivity index (χ3n) is 4.00. The maximum absolute atomic E-state index is 12.1. The molecule has 0 atom stereocenters. The molecule has 26 heavy (non-hydrogen) atoms. The lowest BCUT2D eigenvalue weighted by Gasteiger charge is -2.07. The Hall–Kier alpha value is -3.08. The van der Waals surface area contributed by atoms with Gasteiger partial charge in [-0.15, -0.1) is 0 Å². The zero-order valence-electron chi connectivity index (χ0n) is 14.7. The number of hydrogen-bond acceptors (Lipinski definition) is 3. The van der Waals surface area contributed by atoms with Gasteiger partial charge in [0.15, 0.2) is 0 Å². The summed E-state index contributed by atoms with van der Waals surface area (Å²) in [6.07, 6.45) is 5.14. The average Bonchev–Trinajstić information content (AvgIpc) is 3.48. The lowest BCUT2D eigenvalue weighted by Crippen LogP contribution is -2.13. The van der Waals surface area contributed by atoms with Gasteiger partial charge in [-0.2, -0.15) is 0 Å². The Morgan fingerprint density at radius 1 is 1.04 bits per heavy atom. The Balaban J connectivity index is 1.56. The van der Waals surface area contributed by atoms with Crippen LogP contribution in [0, 0.1) is 5.92 Å². The summed E-state index contributed by atoms with van der Waals surface area (Å²) < 4.78 is 5.54. The molecular weight excluding hydrogens is 328 g/mol. The van der Waals surface area contributed by atoms with Crippen LogP contribution in [0.1, 0.15) is 25.3 Å². The van der Waals surface area contributed by atoms with E-state index in [1.54, 1.807) is 30.3 Å². The second kappa shape index (κ2) is 8.34. The fraction of sp³-hybridized carbons (Fsp3) is 0.238. The number of para-hydroxylation sites is 1. The van der Waals surface area contributed by atoms with Gasteiger partial charge in [-0.1, -0.05) is 18.2 Å². The van der Waals surface area contributed by atoms with Gasteiger partial charge in [-0.3, -0.25) is 9.59 Å². The number of rotatable bonds is 7. The first-order valence-corrected chi connectivity index (χ1v) is 8.77. The molecule has 0 aliphatic heterocycles. The maximum atomic E-state index is 12.1. The van der Waals surface area contributed by atoms with Crippen LogP contribution in [0.3, 0.4) is 0 Å². The third-order valence-corrected chi connectivity index (χ3v) is 4.00. The Morgan fingerprint density at radius 2 is 1.69 bits per heavy atom. The van der Waals surface area contributed by atoms with E-state index < -0.39 is 0 Å². The second-order valence-electron chi connectivity index (χ2n) is 6.13. The Morgan fingerprint density at radius 3 is 2.35 bits per heavy atom. The van der Waals surface area contributed by atoms with Gasteiger partial charge >= 0.3 is 0 Å². The predicted molar refractivity (Wildman–Crippen MR) is 103 cm³/mol. The largest absolute Gasteiger partial charge is 0.493 e. The molecular formula is C21H22N2O3. The van der Waals surface area contributed by atoms with Gasteiger partial charge in [0.25, 0.3) is 0 Å². The topological polar surface area (TPSA) is 67.4 Å². The lowest BCUT2D eigenvalue weighted by atomic mass is 10.2. The molecule has 5 heteroatoms. The first-order chi connectivity index (χ1) is 12.7. The first kappa shape index (κ1) is 17.7. The number of carbonyl (C=O) groups excluding carboxylic acids is 2. The minimum absolute atomic E-state index is 0.0673. The van der Waals surface area contributed by atoms with E-state index in [4.69, 9.17) is 4.74 Å². The van der Waals surface area contributed by atoms with E-state index >= 15 is 0 Å². The maximum Gasteiger partial charge on any atom is 0.248 e. The monoisotopic (exact) mass is 350 g/mol. The summed E-state index contributed by atoms with van der Waals surface area (Å²) in [7, 11) is 0. The van der Waals surface area contributed by atoms with Crippen molar-refractivity contribution in [2.75, 3.05) is 17.2 Å². The van der Waals surface area contributed by atoms with E-state index in [2.05, 4.69) is 10.6 Å². The molecule has 0 radical (unpaired) electrons. The quantitative estimate of drug-likeness (QED) is 0.739. The fourth-order valence-electron chi connectivity index (χ4n) is 2.48. The molecule has 0 unspecified atom stereocenters. The van der Waals surface area contributed by atoms with Crippen molar-refractivity contribution in [3.63, 3.8) is 0 Å². The van der Waals surface area contributed by atoms with Crippen LogP contribution in [0.5, 0.6) is 5.75 Å². The van der Waals surface area contributed by atoms with Crippen molar-refractivity contribution in [2.24, 2.45) is 5.92 Å². The molecule has 134 valence electrons. The van der Waals surface area contributed by atoms with Crippen LogP contribution < -0.4 is 15.4 Å². The summed E-state index contributed by atoms with van der Waals surface area (Å²) in [5, 5.41) is 5.67. The summed E-state index contributed by atoms with van der Waals surface area (Å²) >= 11 is 0. The van der Waals surface area contributed by atoms with Crippen molar-refractivity contribution in [3.05, 3.63) is 60.2 Å². The van der Waals surface area contributed by atoms with Crippen molar-refractivity contribution in [2.45, 2.75) is 19.8 Å². The molecule has 2 aromatic carbocycles. The van der Waals surface area contributed by atoms with Gasteiger partial charge in [0.1, 0.15) is 5.75 Å².